The van der Waals surface area contributed by atoms with Gasteiger partial charge in [-0.05, 0) is 44.0 Å². The van der Waals surface area contributed by atoms with Crippen molar-refractivity contribution in [2.75, 3.05) is 6.54 Å². The Labute approximate surface area is 184 Å². The number of benzene rings is 2. The van der Waals surface area contributed by atoms with Crippen molar-refractivity contribution in [3.63, 3.8) is 0 Å². The Morgan fingerprint density at radius 2 is 1.42 bits per heavy atom. The molecule has 0 aliphatic rings. The second-order valence-corrected chi connectivity index (χ2v) is 8.03. The summed E-state index contributed by atoms with van der Waals surface area (Å²) in [7, 11) is 0. The van der Waals surface area contributed by atoms with Crippen LogP contribution in [-0.2, 0) is 29.1 Å². The van der Waals surface area contributed by atoms with Gasteiger partial charge < -0.3 is 14.2 Å². The molecule has 5 heteroatoms. The molecule has 0 radical (unpaired) electrons. The maximum absolute atomic E-state index is 13.3. The average molecular weight is 419 g/mol. The molecule has 2 amide bonds. The second-order valence-electron chi connectivity index (χ2n) is 8.03. The van der Waals surface area contributed by atoms with Crippen LogP contribution in [0.5, 0.6) is 0 Å². The Morgan fingerprint density at radius 3 is 1.97 bits per heavy atom. The van der Waals surface area contributed by atoms with Crippen LogP contribution in [0.3, 0.4) is 0 Å². The fraction of sp³-hybridized carbons (Fsp3) is 0.308. The van der Waals surface area contributed by atoms with Gasteiger partial charge in [-0.15, -0.1) is 0 Å². The number of hydrogen-bond acceptors (Lipinski definition) is 3. The number of carbonyl (C=O) groups is 2. The highest BCUT2D eigenvalue weighted by Crippen LogP contribution is 2.15. The van der Waals surface area contributed by atoms with Crippen LogP contribution < -0.4 is 0 Å². The highest BCUT2D eigenvalue weighted by molar-refractivity contribution is 5.86. The van der Waals surface area contributed by atoms with Crippen LogP contribution in [0.2, 0.25) is 0 Å². The minimum Gasteiger partial charge on any atom is -0.464 e. The van der Waals surface area contributed by atoms with E-state index in [4.69, 9.17) is 4.42 Å². The Bertz CT molecular complexity index is 980. The molecule has 0 saturated carbocycles. The van der Waals surface area contributed by atoms with Crippen LogP contribution in [0.15, 0.2) is 77.2 Å². The van der Waals surface area contributed by atoms with E-state index >= 15 is 0 Å². The summed E-state index contributed by atoms with van der Waals surface area (Å²) < 4.78 is 5.71. The highest BCUT2D eigenvalue weighted by atomic mass is 16.3. The fourth-order valence-electron chi connectivity index (χ4n) is 3.47. The molecule has 0 unspecified atom stereocenters. The molecule has 0 N–H and O–H groups in total. The summed E-state index contributed by atoms with van der Waals surface area (Å²) >= 11 is 0. The topological polar surface area (TPSA) is 53.8 Å². The summed E-state index contributed by atoms with van der Waals surface area (Å²) in [6, 6.07) is 23.2. The summed E-state index contributed by atoms with van der Waals surface area (Å²) in [6.45, 7) is 6.62. The predicted octanol–water partition coefficient (Wildman–Crippen LogP) is 4.60. The SMILES string of the molecule is Cc1ccc(CN(Cc2ccccc2)C(=O)CN(C(=O)Cc2ccccc2)C(C)C)o1. The lowest BCUT2D eigenvalue weighted by molar-refractivity contribution is -0.142. The van der Waals surface area contributed by atoms with E-state index in [9.17, 15) is 9.59 Å². The fourth-order valence-corrected chi connectivity index (χ4v) is 3.47. The number of rotatable bonds is 9. The second kappa shape index (κ2) is 10.6. The minimum absolute atomic E-state index is 0.0376. The summed E-state index contributed by atoms with van der Waals surface area (Å²) in [4.78, 5) is 29.7. The van der Waals surface area contributed by atoms with Crippen molar-refractivity contribution in [3.8, 4) is 0 Å². The van der Waals surface area contributed by atoms with Gasteiger partial charge in [-0.2, -0.15) is 0 Å². The lowest BCUT2D eigenvalue weighted by Crippen LogP contribution is -2.46. The smallest absolute Gasteiger partial charge is 0.242 e. The highest BCUT2D eigenvalue weighted by Gasteiger charge is 2.24. The molecule has 1 heterocycles. The third kappa shape index (κ3) is 6.57. The molecule has 2 aromatic carbocycles. The molecule has 0 aliphatic heterocycles. The maximum Gasteiger partial charge on any atom is 0.242 e. The van der Waals surface area contributed by atoms with E-state index < -0.39 is 0 Å². The van der Waals surface area contributed by atoms with Gasteiger partial charge in [0.15, 0.2) is 0 Å². The lowest BCUT2D eigenvalue weighted by Gasteiger charge is -2.30. The first-order valence-corrected chi connectivity index (χ1v) is 10.6. The van der Waals surface area contributed by atoms with Crippen molar-refractivity contribution in [2.45, 2.75) is 46.3 Å². The van der Waals surface area contributed by atoms with Crippen molar-refractivity contribution in [2.24, 2.45) is 0 Å². The number of hydrogen-bond donors (Lipinski definition) is 0. The van der Waals surface area contributed by atoms with E-state index in [-0.39, 0.29) is 30.8 Å². The molecule has 0 bridgehead atoms. The first kappa shape index (κ1) is 22.3. The molecule has 0 saturated heterocycles. The van der Waals surface area contributed by atoms with Gasteiger partial charge in [-0.25, -0.2) is 0 Å². The molecule has 162 valence electrons. The van der Waals surface area contributed by atoms with E-state index in [0.717, 1.165) is 22.6 Å². The number of nitrogens with zero attached hydrogens (tertiary/aromatic N) is 2. The molecule has 3 rings (SSSR count). The standard InChI is InChI=1S/C26H30N2O3/c1-20(2)28(25(29)16-22-10-6-4-7-11-22)19-26(30)27(17-23-12-8-5-9-13-23)18-24-15-14-21(3)31-24/h4-15,20H,16-19H2,1-3H3. The van der Waals surface area contributed by atoms with Gasteiger partial charge in [0.25, 0.3) is 0 Å². The van der Waals surface area contributed by atoms with Crippen molar-refractivity contribution in [1.29, 1.82) is 0 Å². The molecule has 0 atom stereocenters. The van der Waals surface area contributed by atoms with Gasteiger partial charge in [0, 0.05) is 12.6 Å². The van der Waals surface area contributed by atoms with Gasteiger partial charge in [-0.3, -0.25) is 9.59 Å². The summed E-state index contributed by atoms with van der Waals surface area (Å²) in [5.41, 5.74) is 1.98. The van der Waals surface area contributed by atoms with Gasteiger partial charge >= 0.3 is 0 Å². The van der Waals surface area contributed by atoms with Gasteiger partial charge in [0.2, 0.25) is 11.8 Å². The first-order chi connectivity index (χ1) is 14.9. The Hall–Kier alpha value is -3.34. The zero-order valence-electron chi connectivity index (χ0n) is 18.5. The molecule has 0 aliphatic carbocycles. The molecular formula is C26H30N2O3. The van der Waals surface area contributed by atoms with Crippen molar-refractivity contribution in [3.05, 3.63) is 95.4 Å². The van der Waals surface area contributed by atoms with E-state index in [2.05, 4.69) is 0 Å². The minimum atomic E-state index is -0.104. The number of carbonyl (C=O) groups excluding carboxylic acids is 2. The third-order valence-electron chi connectivity index (χ3n) is 5.16. The first-order valence-electron chi connectivity index (χ1n) is 10.6. The van der Waals surface area contributed by atoms with E-state index in [1.165, 1.54) is 0 Å². The molecule has 3 aromatic rings. The van der Waals surface area contributed by atoms with Crippen LogP contribution in [0.1, 0.15) is 36.5 Å². The molecular weight excluding hydrogens is 388 g/mol. The maximum atomic E-state index is 13.3. The van der Waals surface area contributed by atoms with Gasteiger partial charge in [-0.1, -0.05) is 60.7 Å². The normalized spacial score (nSPS) is 10.8. The van der Waals surface area contributed by atoms with Crippen LogP contribution in [0.4, 0.5) is 0 Å². The van der Waals surface area contributed by atoms with E-state index in [1.807, 2.05) is 93.6 Å². The van der Waals surface area contributed by atoms with Gasteiger partial charge in [0.1, 0.15) is 18.1 Å². The lowest BCUT2D eigenvalue weighted by atomic mass is 10.1. The van der Waals surface area contributed by atoms with Crippen LogP contribution in [-0.4, -0.2) is 34.2 Å². The number of aryl methyl sites for hydroxylation is 1. The van der Waals surface area contributed by atoms with Crippen LogP contribution in [0, 0.1) is 6.92 Å². The Balaban J connectivity index is 1.75. The quantitative estimate of drug-likeness (QED) is 0.510. The Morgan fingerprint density at radius 1 is 0.806 bits per heavy atom. The molecule has 5 nitrogen and oxygen atoms in total. The zero-order valence-corrected chi connectivity index (χ0v) is 18.5. The zero-order chi connectivity index (χ0) is 22.2. The molecule has 1 aromatic heterocycles. The summed E-state index contributed by atoms with van der Waals surface area (Å²) in [5.74, 6) is 1.38. The number of amides is 2. The van der Waals surface area contributed by atoms with Crippen LogP contribution >= 0.6 is 0 Å². The van der Waals surface area contributed by atoms with E-state index in [0.29, 0.717) is 13.1 Å². The average Bonchev–Trinajstić information content (AvgIpc) is 3.17. The van der Waals surface area contributed by atoms with Crippen molar-refractivity contribution < 1.29 is 14.0 Å². The largest absolute Gasteiger partial charge is 0.464 e. The van der Waals surface area contributed by atoms with Gasteiger partial charge in [0.05, 0.1) is 13.0 Å². The summed E-state index contributed by atoms with van der Waals surface area (Å²) in [5, 5.41) is 0. The van der Waals surface area contributed by atoms with Crippen molar-refractivity contribution >= 4 is 11.8 Å². The predicted molar refractivity (Wildman–Crippen MR) is 121 cm³/mol. The molecule has 0 spiro atoms. The monoisotopic (exact) mass is 418 g/mol. The Kier molecular flexibility index (Phi) is 7.65. The third-order valence-corrected chi connectivity index (χ3v) is 5.16. The van der Waals surface area contributed by atoms with Crippen LogP contribution in [0.25, 0.3) is 0 Å². The number of furan rings is 1. The molecule has 31 heavy (non-hydrogen) atoms. The van der Waals surface area contributed by atoms with E-state index in [1.54, 1.807) is 9.80 Å². The van der Waals surface area contributed by atoms with Crippen molar-refractivity contribution in [1.82, 2.24) is 9.80 Å². The summed E-state index contributed by atoms with van der Waals surface area (Å²) in [6.07, 6.45) is 0.280. The molecule has 0 fully saturated rings.